The molecule has 0 amide bonds. The molecule has 0 saturated heterocycles. The van der Waals surface area contributed by atoms with Crippen molar-refractivity contribution < 1.29 is 23.8 Å². The monoisotopic (exact) mass is 598 g/mol. The largest absolute Gasteiger partial charge is 0.478 e. The first-order valence-electron chi connectivity index (χ1n) is 14.4. The summed E-state index contributed by atoms with van der Waals surface area (Å²) in [5.41, 5.74) is 4.13. The number of furan rings is 1. The minimum absolute atomic E-state index is 0.200. The van der Waals surface area contributed by atoms with Crippen molar-refractivity contribution in [3.8, 4) is 11.3 Å². The van der Waals surface area contributed by atoms with Gasteiger partial charge in [0.2, 0.25) is 0 Å². The van der Waals surface area contributed by atoms with Crippen LogP contribution in [0.3, 0.4) is 0 Å². The van der Waals surface area contributed by atoms with Crippen LogP contribution in [0.25, 0.3) is 17.4 Å². The number of esters is 1. The van der Waals surface area contributed by atoms with Gasteiger partial charge in [0.05, 0.1) is 34.0 Å². The number of thiazole rings is 1. The predicted octanol–water partition coefficient (Wildman–Crippen LogP) is 5.97. The predicted molar refractivity (Wildman–Crippen MR) is 166 cm³/mol. The number of benzene rings is 2. The Morgan fingerprint density at radius 3 is 2.51 bits per heavy atom. The maximum atomic E-state index is 14.0. The summed E-state index contributed by atoms with van der Waals surface area (Å²) in [6.07, 6.45) is 3.00. The molecule has 8 nitrogen and oxygen atoms in total. The molecule has 3 heterocycles. The number of carbonyl (C=O) groups is 2. The number of ether oxygens (including phenoxy) is 1. The van der Waals surface area contributed by atoms with Crippen molar-refractivity contribution in [1.82, 2.24) is 4.57 Å². The van der Waals surface area contributed by atoms with Gasteiger partial charge in [0.15, 0.2) is 4.80 Å². The Kier molecular flexibility index (Phi) is 8.64. The molecule has 1 atom stereocenters. The molecule has 1 aliphatic rings. The molecular weight excluding hydrogens is 564 g/mol. The van der Waals surface area contributed by atoms with Crippen LogP contribution in [0.2, 0.25) is 0 Å². The summed E-state index contributed by atoms with van der Waals surface area (Å²) < 4.78 is 13.5. The van der Waals surface area contributed by atoms with Gasteiger partial charge in [0, 0.05) is 11.6 Å². The molecule has 0 saturated carbocycles. The average molecular weight is 599 g/mol. The van der Waals surface area contributed by atoms with Crippen molar-refractivity contribution in [2.24, 2.45) is 4.99 Å². The molecule has 0 bridgehead atoms. The minimum Gasteiger partial charge on any atom is -0.478 e. The van der Waals surface area contributed by atoms with Gasteiger partial charge in [-0.2, -0.15) is 0 Å². The number of fused-ring (bicyclic) bond motifs is 1. The molecule has 0 fully saturated rings. The Morgan fingerprint density at radius 2 is 1.86 bits per heavy atom. The maximum absolute atomic E-state index is 14.0. The van der Waals surface area contributed by atoms with Crippen LogP contribution in [-0.4, -0.2) is 28.2 Å². The van der Waals surface area contributed by atoms with Crippen molar-refractivity contribution in [3.05, 3.63) is 114 Å². The molecule has 5 rings (SSSR count). The van der Waals surface area contributed by atoms with Crippen LogP contribution >= 0.6 is 11.3 Å². The number of nitrogens with zero attached hydrogens (tertiary/aromatic N) is 2. The zero-order chi connectivity index (χ0) is 30.8. The van der Waals surface area contributed by atoms with Crippen LogP contribution < -0.4 is 14.9 Å². The van der Waals surface area contributed by atoms with E-state index in [1.807, 2.05) is 31.2 Å². The molecule has 0 aliphatic carbocycles. The van der Waals surface area contributed by atoms with E-state index >= 15 is 0 Å². The highest BCUT2D eigenvalue weighted by atomic mass is 32.1. The molecule has 2 aromatic heterocycles. The highest BCUT2D eigenvalue weighted by molar-refractivity contribution is 7.07. The Balaban J connectivity index is 1.66. The van der Waals surface area contributed by atoms with E-state index in [-0.39, 0.29) is 17.7 Å². The topological polar surface area (TPSA) is 111 Å². The molecule has 1 aliphatic heterocycles. The number of aromatic nitrogens is 1. The fraction of sp³-hybridized carbons (Fsp3) is 0.294. The summed E-state index contributed by atoms with van der Waals surface area (Å²) in [5, 5.41) is 9.51. The Morgan fingerprint density at radius 1 is 1.12 bits per heavy atom. The summed E-state index contributed by atoms with van der Waals surface area (Å²) in [6, 6.07) is 15.8. The highest BCUT2D eigenvalue weighted by Crippen LogP contribution is 2.33. The van der Waals surface area contributed by atoms with Gasteiger partial charge < -0.3 is 14.3 Å². The molecular formula is C34H34N2O6S. The lowest BCUT2D eigenvalue weighted by molar-refractivity contribution is -0.139. The molecule has 0 unspecified atom stereocenters. The second-order valence-corrected chi connectivity index (χ2v) is 11.7. The second kappa shape index (κ2) is 12.4. The van der Waals surface area contributed by atoms with E-state index in [0.717, 1.165) is 17.5 Å². The first-order chi connectivity index (χ1) is 20.6. The summed E-state index contributed by atoms with van der Waals surface area (Å²) in [6.45, 7) is 9.96. The lowest BCUT2D eigenvalue weighted by Crippen LogP contribution is -2.40. The lowest BCUT2D eigenvalue weighted by Gasteiger charge is -2.26. The molecule has 43 heavy (non-hydrogen) atoms. The number of aromatic carboxylic acids is 1. The lowest BCUT2D eigenvalue weighted by atomic mass is 9.92. The molecule has 4 aromatic rings. The van der Waals surface area contributed by atoms with Gasteiger partial charge in [-0.25, -0.2) is 14.6 Å². The highest BCUT2D eigenvalue weighted by Gasteiger charge is 2.34. The summed E-state index contributed by atoms with van der Waals surface area (Å²) in [5.74, 6) is -0.212. The van der Waals surface area contributed by atoms with Crippen molar-refractivity contribution in [1.29, 1.82) is 0 Å². The fourth-order valence-electron chi connectivity index (χ4n) is 5.34. The number of carboxylic acids is 1. The number of rotatable bonds is 9. The van der Waals surface area contributed by atoms with Crippen LogP contribution in [0.15, 0.2) is 80.1 Å². The van der Waals surface area contributed by atoms with Crippen molar-refractivity contribution in [3.63, 3.8) is 0 Å². The van der Waals surface area contributed by atoms with Gasteiger partial charge in [-0.15, -0.1) is 0 Å². The Bertz CT molecular complexity index is 1910. The van der Waals surface area contributed by atoms with Gasteiger partial charge in [-0.3, -0.25) is 9.36 Å². The van der Waals surface area contributed by atoms with E-state index in [1.54, 1.807) is 54.8 Å². The van der Waals surface area contributed by atoms with E-state index in [0.29, 0.717) is 55.6 Å². The van der Waals surface area contributed by atoms with E-state index in [4.69, 9.17) is 14.1 Å². The van der Waals surface area contributed by atoms with Gasteiger partial charge in [0.1, 0.15) is 11.5 Å². The Labute approximate surface area is 253 Å². The van der Waals surface area contributed by atoms with Crippen LogP contribution in [0.4, 0.5) is 0 Å². The number of hydrogen-bond donors (Lipinski definition) is 1. The van der Waals surface area contributed by atoms with Crippen LogP contribution in [0.5, 0.6) is 0 Å². The minimum atomic E-state index is -1.01. The zero-order valence-electron chi connectivity index (χ0n) is 24.8. The molecule has 222 valence electrons. The molecule has 0 spiro atoms. The smallest absolute Gasteiger partial charge is 0.338 e. The van der Waals surface area contributed by atoms with E-state index in [2.05, 4.69) is 13.8 Å². The van der Waals surface area contributed by atoms with Crippen LogP contribution in [0.1, 0.15) is 85.3 Å². The first kappa shape index (κ1) is 30.0. The third-order valence-electron chi connectivity index (χ3n) is 7.54. The first-order valence-corrected chi connectivity index (χ1v) is 15.2. The third kappa shape index (κ3) is 5.77. The van der Waals surface area contributed by atoms with Gasteiger partial charge in [-0.1, -0.05) is 74.9 Å². The van der Waals surface area contributed by atoms with Crippen LogP contribution in [0, 0.1) is 6.92 Å². The van der Waals surface area contributed by atoms with E-state index in [1.165, 1.54) is 11.3 Å². The molecule has 1 N–H and O–H groups in total. The fourth-order valence-corrected chi connectivity index (χ4v) is 6.34. The van der Waals surface area contributed by atoms with Crippen molar-refractivity contribution in [2.75, 3.05) is 6.61 Å². The van der Waals surface area contributed by atoms with Gasteiger partial charge >= 0.3 is 11.9 Å². The quantitative estimate of drug-likeness (QED) is 0.238. The number of carboxylic acid groups (broad SMARTS) is 1. The number of hydrogen-bond acceptors (Lipinski definition) is 7. The second-order valence-electron chi connectivity index (χ2n) is 10.7. The number of carbonyl (C=O) groups excluding carboxylic acids is 1. The normalized spacial score (nSPS) is 15.0. The standard InChI is InChI=1S/C34H34N2O6S/c1-6-9-26-29(33(40)41-7-2)30(22-14-12-21(13-15-22)19(3)4)36-31(37)28(43-34(36)35-26)18-23-16-17-27(42-23)24-10-8-11-25(20(24)5)32(38)39/h8,10-19,30H,6-7,9H2,1-5H3,(H,38,39)/b28-18-/t30-/m0/s1. The van der Waals surface area contributed by atoms with Gasteiger partial charge in [0.25, 0.3) is 5.56 Å². The average Bonchev–Trinajstić information content (AvgIpc) is 3.56. The van der Waals surface area contributed by atoms with E-state index in [9.17, 15) is 19.5 Å². The molecule has 9 heteroatoms. The Hall–Kier alpha value is -4.50. The summed E-state index contributed by atoms with van der Waals surface area (Å²) >= 11 is 1.24. The maximum Gasteiger partial charge on any atom is 0.338 e. The molecule has 0 radical (unpaired) electrons. The third-order valence-corrected chi connectivity index (χ3v) is 8.52. The summed E-state index contributed by atoms with van der Waals surface area (Å²) in [4.78, 5) is 44.3. The van der Waals surface area contributed by atoms with Crippen LogP contribution in [-0.2, 0) is 9.53 Å². The molecule has 2 aromatic carbocycles. The van der Waals surface area contributed by atoms with Gasteiger partial charge in [-0.05, 0) is 61.1 Å². The van der Waals surface area contributed by atoms with E-state index < -0.39 is 18.0 Å². The SMILES string of the molecule is CCCC1=C(C(=O)OCC)[C@H](c2ccc(C(C)C)cc2)n2c(s/c(=C\c3ccc(-c4cccc(C(=O)O)c4C)o3)c2=O)=N1. The van der Waals surface area contributed by atoms with Crippen molar-refractivity contribution in [2.45, 2.75) is 59.4 Å². The number of allylic oxidation sites excluding steroid dienone is 1. The zero-order valence-corrected chi connectivity index (χ0v) is 25.7. The summed E-state index contributed by atoms with van der Waals surface area (Å²) in [7, 11) is 0. The van der Waals surface area contributed by atoms with Crippen molar-refractivity contribution >= 4 is 29.4 Å².